The summed E-state index contributed by atoms with van der Waals surface area (Å²) in [5, 5.41) is 0. The van der Waals surface area contributed by atoms with E-state index in [0.29, 0.717) is 25.9 Å². The zero-order valence-corrected chi connectivity index (χ0v) is 14.5. The molecule has 1 aliphatic heterocycles. The highest BCUT2D eigenvalue weighted by Gasteiger charge is 2.28. The Kier molecular flexibility index (Phi) is 5.49. The third kappa shape index (κ3) is 4.47. The lowest BCUT2D eigenvalue weighted by Gasteiger charge is -2.30. The van der Waals surface area contributed by atoms with Gasteiger partial charge in [0.05, 0.1) is 0 Å². The van der Waals surface area contributed by atoms with E-state index in [0.717, 1.165) is 16.7 Å². The number of ketones is 1. The first-order valence-electron chi connectivity index (χ1n) is 8.70. The molecule has 0 atom stereocenters. The molecule has 1 amide bonds. The van der Waals surface area contributed by atoms with Crippen LogP contribution < -0.4 is 0 Å². The molecule has 3 rings (SSSR count). The second-order valence-corrected chi connectivity index (χ2v) is 6.53. The van der Waals surface area contributed by atoms with E-state index in [9.17, 15) is 9.59 Å². The number of Topliss-reactive ketones (excluding diaryl/α,β-unsaturated/α-hetero) is 1. The summed E-state index contributed by atoms with van der Waals surface area (Å²) in [7, 11) is 0. The number of hydrogen-bond acceptors (Lipinski definition) is 3. The van der Waals surface area contributed by atoms with Crippen molar-refractivity contribution in [2.45, 2.75) is 26.4 Å². The number of carbonyl (C=O) groups is 2. The van der Waals surface area contributed by atoms with Gasteiger partial charge in [-0.3, -0.25) is 4.79 Å². The Morgan fingerprint density at radius 3 is 2.28 bits per heavy atom. The van der Waals surface area contributed by atoms with Gasteiger partial charge in [0.2, 0.25) is 0 Å². The van der Waals surface area contributed by atoms with Gasteiger partial charge in [-0.2, -0.15) is 0 Å². The molecule has 2 aromatic rings. The van der Waals surface area contributed by atoms with Crippen LogP contribution in [0.1, 0.15) is 34.3 Å². The molecule has 2 aromatic carbocycles. The Morgan fingerprint density at radius 1 is 1.00 bits per heavy atom. The fraction of sp³-hybridized carbons (Fsp3) is 0.333. The van der Waals surface area contributed by atoms with Gasteiger partial charge in [0.1, 0.15) is 6.61 Å². The molecular formula is C21H23NO3. The van der Waals surface area contributed by atoms with Gasteiger partial charge >= 0.3 is 6.09 Å². The van der Waals surface area contributed by atoms with Crippen molar-refractivity contribution in [3.05, 3.63) is 71.3 Å². The third-order valence-electron chi connectivity index (χ3n) is 4.67. The molecule has 4 heteroatoms. The number of amides is 1. The summed E-state index contributed by atoms with van der Waals surface area (Å²) in [6, 6.07) is 17.3. The molecule has 0 spiro atoms. The molecule has 0 N–H and O–H groups in total. The minimum atomic E-state index is -0.301. The van der Waals surface area contributed by atoms with Crippen LogP contribution in [0.25, 0.3) is 0 Å². The number of benzene rings is 2. The lowest BCUT2D eigenvalue weighted by Crippen LogP contribution is -2.40. The molecule has 1 aliphatic rings. The van der Waals surface area contributed by atoms with Crippen molar-refractivity contribution in [3.63, 3.8) is 0 Å². The van der Waals surface area contributed by atoms with E-state index in [-0.39, 0.29) is 24.4 Å². The van der Waals surface area contributed by atoms with E-state index in [2.05, 4.69) is 0 Å². The zero-order chi connectivity index (χ0) is 17.6. The van der Waals surface area contributed by atoms with Crippen LogP contribution in [0.15, 0.2) is 54.6 Å². The van der Waals surface area contributed by atoms with Crippen LogP contribution in [0.2, 0.25) is 0 Å². The predicted molar refractivity (Wildman–Crippen MR) is 96.4 cm³/mol. The minimum absolute atomic E-state index is 0.0131. The van der Waals surface area contributed by atoms with Gasteiger partial charge < -0.3 is 9.64 Å². The fourth-order valence-corrected chi connectivity index (χ4v) is 3.09. The van der Waals surface area contributed by atoms with Crippen molar-refractivity contribution in [1.29, 1.82) is 0 Å². The van der Waals surface area contributed by atoms with Crippen molar-refractivity contribution in [3.8, 4) is 0 Å². The third-order valence-corrected chi connectivity index (χ3v) is 4.67. The smallest absolute Gasteiger partial charge is 0.410 e. The Hall–Kier alpha value is -2.62. The summed E-state index contributed by atoms with van der Waals surface area (Å²) in [6.45, 7) is 3.42. The number of aryl methyl sites for hydroxylation is 1. The first-order chi connectivity index (χ1) is 12.1. The molecule has 130 valence electrons. The minimum Gasteiger partial charge on any atom is -0.445 e. The number of nitrogens with zero attached hydrogens (tertiary/aromatic N) is 1. The quantitative estimate of drug-likeness (QED) is 0.785. The van der Waals surface area contributed by atoms with Gasteiger partial charge in [-0.1, -0.05) is 60.2 Å². The van der Waals surface area contributed by atoms with Crippen molar-refractivity contribution < 1.29 is 14.3 Å². The molecule has 4 nitrogen and oxygen atoms in total. The Bertz CT molecular complexity index is 717. The van der Waals surface area contributed by atoms with Crippen LogP contribution in [-0.2, 0) is 11.3 Å². The second-order valence-electron chi connectivity index (χ2n) is 6.53. The van der Waals surface area contributed by atoms with Crippen LogP contribution in [0, 0.1) is 12.8 Å². The standard InChI is InChI=1S/C21H23NO3/c1-16-7-9-18(10-8-16)20(23)19-11-13-22(14-12-19)21(24)25-15-17-5-3-2-4-6-17/h2-10,19H,11-15H2,1H3. The van der Waals surface area contributed by atoms with Crippen molar-refractivity contribution in [2.24, 2.45) is 5.92 Å². The lowest BCUT2D eigenvalue weighted by molar-refractivity contribution is 0.0713. The fourth-order valence-electron chi connectivity index (χ4n) is 3.09. The summed E-state index contributed by atoms with van der Waals surface area (Å²) in [4.78, 5) is 26.4. The van der Waals surface area contributed by atoms with Crippen molar-refractivity contribution in [1.82, 2.24) is 4.90 Å². The summed E-state index contributed by atoms with van der Waals surface area (Å²) < 4.78 is 5.36. The topological polar surface area (TPSA) is 46.6 Å². The molecule has 25 heavy (non-hydrogen) atoms. The highest BCUT2D eigenvalue weighted by molar-refractivity contribution is 5.98. The maximum absolute atomic E-state index is 12.6. The van der Waals surface area contributed by atoms with Gasteiger partial charge in [-0.05, 0) is 25.3 Å². The molecule has 0 radical (unpaired) electrons. The Morgan fingerprint density at radius 2 is 1.64 bits per heavy atom. The summed E-state index contributed by atoms with van der Waals surface area (Å²) in [6.07, 6.45) is 1.07. The monoisotopic (exact) mass is 337 g/mol. The normalized spacial score (nSPS) is 15.0. The van der Waals surface area contributed by atoms with Gasteiger partial charge in [0.15, 0.2) is 5.78 Å². The van der Waals surface area contributed by atoms with E-state index in [1.54, 1.807) is 4.90 Å². The number of rotatable bonds is 4. The number of hydrogen-bond donors (Lipinski definition) is 0. The molecule has 0 saturated carbocycles. The number of carbonyl (C=O) groups excluding carboxylic acids is 2. The largest absolute Gasteiger partial charge is 0.445 e. The van der Waals surface area contributed by atoms with Crippen molar-refractivity contribution in [2.75, 3.05) is 13.1 Å². The molecule has 1 saturated heterocycles. The molecule has 0 unspecified atom stereocenters. The molecule has 1 fully saturated rings. The number of ether oxygens (including phenoxy) is 1. The molecule has 1 heterocycles. The van der Waals surface area contributed by atoms with Crippen LogP contribution >= 0.6 is 0 Å². The SMILES string of the molecule is Cc1ccc(C(=O)C2CCN(C(=O)OCc3ccccc3)CC2)cc1. The Balaban J connectivity index is 1.48. The average molecular weight is 337 g/mol. The summed E-state index contributed by atoms with van der Waals surface area (Å²) in [5.74, 6) is 0.165. The van der Waals surface area contributed by atoms with Crippen LogP contribution in [0.3, 0.4) is 0 Å². The average Bonchev–Trinajstić information content (AvgIpc) is 2.67. The summed E-state index contributed by atoms with van der Waals surface area (Å²) >= 11 is 0. The molecular weight excluding hydrogens is 314 g/mol. The predicted octanol–water partition coefficient (Wildman–Crippen LogP) is 4.23. The first-order valence-corrected chi connectivity index (χ1v) is 8.70. The Labute approximate surface area is 148 Å². The van der Waals surface area contributed by atoms with Gasteiger partial charge in [0.25, 0.3) is 0 Å². The maximum atomic E-state index is 12.6. The van der Waals surface area contributed by atoms with E-state index in [1.807, 2.05) is 61.5 Å². The van der Waals surface area contributed by atoms with Crippen LogP contribution in [-0.4, -0.2) is 29.9 Å². The van der Waals surface area contributed by atoms with Crippen LogP contribution in [0.5, 0.6) is 0 Å². The lowest BCUT2D eigenvalue weighted by atomic mass is 9.89. The van der Waals surface area contributed by atoms with Crippen LogP contribution in [0.4, 0.5) is 4.79 Å². The van der Waals surface area contributed by atoms with Gasteiger partial charge in [-0.25, -0.2) is 4.79 Å². The van der Waals surface area contributed by atoms with Gasteiger partial charge in [-0.15, -0.1) is 0 Å². The van der Waals surface area contributed by atoms with E-state index < -0.39 is 0 Å². The molecule has 0 aliphatic carbocycles. The van der Waals surface area contributed by atoms with E-state index in [1.165, 1.54) is 0 Å². The summed E-state index contributed by atoms with van der Waals surface area (Å²) in [5.41, 5.74) is 2.88. The first kappa shape index (κ1) is 17.2. The highest BCUT2D eigenvalue weighted by atomic mass is 16.6. The van der Waals surface area contributed by atoms with E-state index in [4.69, 9.17) is 4.74 Å². The maximum Gasteiger partial charge on any atom is 0.410 e. The van der Waals surface area contributed by atoms with Gasteiger partial charge in [0, 0.05) is 24.6 Å². The second kappa shape index (κ2) is 7.97. The zero-order valence-electron chi connectivity index (χ0n) is 14.5. The highest BCUT2D eigenvalue weighted by Crippen LogP contribution is 2.22. The van der Waals surface area contributed by atoms with E-state index >= 15 is 0 Å². The van der Waals surface area contributed by atoms with Crippen molar-refractivity contribution >= 4 is 11.9 Å². The number of likely N-dealkylation sites (tertiary alicyclic amines) is 1. The molecule has 0 aromatic heterocycles. The number of piperidine rings is 1. The molecule has 0 bridgehead atoms.